The molecule has 1 aliphatic rings. The lowest BCUT2D eigenvalue weighted by Crippen LogP contribution is -2.42. The van der Waals surface area contributed by atoms with Crippen LogP contribution in [0.4, 0.5) is 0 Å². The van der Waals surface area contributed by atoms with Crippen molar-refractivity contribution in [2.45, 2.75) is 18.9 Å². The van der Waals surface area contributed by atoms with Crippen molar-refractivity contribution >= 4 is 5.91 Å². The number of aromatic amines is 1. The monoisotopic (exact) mass is 270 g/mol. The van der Waals surface area contributed by atoms with Crippen LogP contribution in [0.15, 0.2) is 36.7 Å². The number of nitrogens with one attached hydrogen (secondary N) is 1. The van der Waals surface area contributed by atoms with E-state index in [0.717, 1.165) is 42.6 Å². The van der Waals surface area contributed by atoms with Crippen LogP contribution in [0.3, 0.4) is 0 Å². The molecule has 1 amide bonds. The summed E-state index contributed by atoms with van der Waals surface area (Å²) in [4.78, 5) is 14.4. The first-order valence-corrected chi connectivity index (χ1v) is 6.88. The first-order valence-electron chi connectivity index (χ1n) is 6.88. The highest BCUT2D eigenvalue weighted by Crippen LogP contribution is 2.20. The molecule has 1 aromatic carbocycles. The normalized spacial score (nSPS) is 16.4. The summed E-state index contributed by atoms with van der Waals surface area (Å²) in [5, 5.41) is 6.72. The van der Waals surface area contributed by atoms with E-state index in [1.165, 1.54) is 0 Å². The zero-order chi connectivity index (χ0) is 13.9. The molecule has 0 radical (unpaired) electrons. The quantitative estimate of drug-likeness (QED) is 0.871. The maximum Gasteiger partial charge on any atom is 0.253 e. The fraction of sp³-hybridized carbons (Fsp3) is 0.333. The van der Waals surface area contributed by atoms with E-state index in [4.69, 9.17) is 5.73 Å². The predicted molar refractivity (Wildman–Crippen MR) is 77.1 cm³/mol. The molecule has 0 saturated carbocycles. The lowest BCUT2D eigenvalue weighted by Gasteiger charge is -2.30. The second-order valence-electron chi connectivity index (χ2n) is 5.20. The molecule has 0 unspecified atom stereocenters. The third-order valence-electron chi connectivity index (χ3n) is 3.77. The summed E-state index contributed by atoms with van der Waals surface area (Å²) in [6, 6.07) is 7.90. The minimum Gasteiger partial charge on any atom is -0.339 e. The fourth-order valence-electron chi connectivity index (χ4n) is 2.53. The van der Waals surface area contributed by atoms with Gasteiger partial charge in [-0.3, -0.25) is 9.89 Å². The van der Waals surface area contributed by atoms with Crippen LogP contribution in [0.2, 0.25) is 0 Å². The van der Waals surface area contributed by atoms with Crippen LogP contribution < -0.4 is 5.73 Å². The number of carbonyl (C=O) groups is 1. The molecule has 0 atom stereocenters. The second kappa shape index (κ2) is 5.46. The number of amides is 1. The summed E-state index contributed by atoms with van der Waals surface area (Å²) in [7, 11) is 0. The molecule has 0 spiro atoms. The van der Waals surface area contributed by atoms with Gasteiger partial charge < -0.3 is 10.6 Å². The molecule has 20 heavy (non-hydrogen) atoms. The van der Waals surface area contributed by atoms with Gasteiger partial charge in [0.1, 0.15) is 0 Å². The Bertz CT molecular complexity index is 586. The zero-order valence-corrected chi connectivity index (χ0v) is 11.2. The number of rotatable bonds is 2. The van der Waals surface area contributed by atoms with E-state index < -0.39 is 0 Å². The van der Waals surface area contributed by atoms with Crippen LogP contribution in [-0.4, -0.2) is 40.1 Å². The van der Waals surface area contributed by atoms with Crippen molar-refractivity contribution in [3.8, 4) is 11.1 Å². The molecule has 104 valence electrons. The van der Waals surface area contributed by atoms with Gasteiger partial charge in [0, 0.05) is 36.5 Å². The Morgan fingerprint density at radius 2 is 2.10 bits per heavy atom. The molecule has 0 aliphatic carbocycles. The highest BCUT2D eigenvalue weighted by atomic mass is 16.2. The van der Waals surface area contributed by atoms with Crippen LogP contribution >= 0.6 is 0 Å². The molecule has 0 bridgehead atoms. The minimum atomic E-state index is 0.0854. The van der Waals surface area contributed by atoms with Crippen molar-refractivity contribution in [1.29, 1.82) is 0 Å². The average Bonchev–Trinajstić information content (AvgIpc) is 3.02. The number of H-pyrrole nitrogens is 1. The Labute approximate surface area is 117 Å². The lowest BCUT2D eigenvalue weighted by atomic mass is 10.0. The van der Waals surface area contributed by atoms with Crippen LogP contribution in [0, 0.1) is 0 Å². The second-order valence-corrected chi connectivity index (χ2v) is 5.20. The van der Waals surface area contributed by atoms with E-state index in [1.54, 1.807) is 6.20 Å². The van der Waals surface area contributed by atoms with Gasteiger partial charge in [0.2, 0.25) is 0 Å². The number of benzene rings is 1. The summed E-state index contributed by atoms with van der Waals surface area (Å²) in [6.07, 6.45) is 5.34. The Kier molecular flexibility index (Phi) is 3.52. The maximum atomic E-state index is 12.5. The highest BCUT2D eigenvalue weighted by Gasteiger charge is 2.21. The molecule has 5 nitrogen and oxygen atoms in total. The average molecular weight is 270 g/mol. The van der Waals surface area contributed by atoms with Gasteiger partial charge in [-0.05, 0) is 30.5 Å². The molecule has 2 heterocycles. The largest absolute Gasteiger partial charge is 0.339 e. The van der Waals surface area contributed by atoms with Gasteiger partial charge in [0.25, 0.3) is 5.91 Å². The SMILES string of the molecule is NC1CCN(C(=O)c2cccc(-c3cn[nH]c3)c2)CC1. The molecule has 5 heteroatoms. The molecule has 1 saturated heterocycles. The number of piperidine rings is 1. The van der Waals surface area contributed by atoms with Gasteiger partial charge in [0.15, 0.2) is 0 Å². The molecule has 3 rings (SSSR count). The number of hydrogen-bond acceptors (Lipinski definition) is 3. The van der Waals surface area contributed by atoms with Gasteiger partial charge in [-0.1, -0.05) is 12.1 Å². The smallest absolute Gasteiger partial charge is 0.253 e. The topological polar surface area (TPSA) is 75.0 Å². The Hall–Kier alpha value is -2.14. The van der Waals surface area contributed by atoms with Gasteiger partial charge in [0.05, 0.1) is 6.20 Å². The molecule has 2 aromatic rings. The summed E-state index contributed by atoms with van der Waals surface area (Å²) >= 11 is 0. The van der Waals surface area contributed by atoms with Crippen LogP contribution in [0.1, 0.15) is 23.2 Å². The number of nitrogens with zero attached hydrogens (tertiary/aromatic N) is 2. The third-order valence-corrected chi connectivity index (χ3v) is 3.77. The van der Waals surface area contributed by atoms with E-state index in [0.29, 0.717) is 0 Å². The number of carbonyl (C=O) groups excluding carboxylic acids is 1. The summed E-state index contributed by atoms with van der Waals surface area (Å²) < 4.78 is 0. The van der Waals surface area contributed by atoms with Crippen LogP contribution in [0.25, 0.3) is 11.1 Å². The van der Waals surface area contributed by atoms with Crippen molar-refractivity contribution in [2.75, 3.05) is 13.1 Å². The van der Waals surface area contributed by atoms with Crippen molar-refractivity contribution in [1.82, 2.24) is 15.1 Å². The third kappa shape index (κ3) is 2.58. The lowest BCUT2D eigenvalue weighted by molar-refractivity contribution is 0.0715. The molecule has 1 fully saturated rings. The number of hydrogen-bond donors (Lipinski definition) is 2. The Morgan fingerprint density at radius 1 is 1.30 bits per heavy atom. The van der Waals surface area contributed by atoms with Crippen LogP contribution in [0.5, 0.6) is 0 Å². The van der Waals surface area contributed by atoms with Gasteiger partial charge in [-0.2, -0.15) is 5.10 Å². The predicted octanol–water partition coefficient (Wildman–Crippen LogP) is 1.64. The molecular weight excluding hydrogens is 252 g/mol. The first-order chi connectivity index (χ1) is 9.74. The van der Waals surface area contributed by atoms with Crippen molar-refractivity contribution in [3.63, 3.8) is 0 Å². The highest BCUT2D eigenvalue weighted by molar-refractivity contribution is 5.95. The van der Waals surface area contributed by atoms with Gasteiger partial charge in [-0.15, -0.1) is 0 Å². The number of nitrogens with two attached hydrogens (primary N) is 1. The molecule has 1 aromatic heterocycles. The van der Waals surface area contributed by atoms with Crippen molar-refractivity contribution in [2.24, 2.45) is 5.73 Å². The van der Waals surface area contributed by atoms with E-state index in [1.807, 2.05) is 35.4 Å². The summed E-state index contributed by atoms with van der Waals surface area (Å²) in [5.74, 6) is 0.0854. The Balaban J connectivity index is 1.80. The summed E-state index contributed by atoms with van der Waals surface area (Å²) in [5.41, 5.74) is 8.58. The molecule has 3 N–H and O–H groups in total. The van der Waals surface area contributed by atoms with E-state index in [9.17, 15) is 4.79 Å². The Morgan fingerprint density at radius 3 is 2.80 bits per heavy atom. The van der Waals surface area contributed by atoms with E-state index in [2.05, 4.69) is 10.2 Å². The molecule has 1 aliphatic heterocycles. The van der Waals surface area contributed by atoms with Crippen LogP contribution in [-0.2, 0) is 0 Å². The zero-order valence-electron chi connectivity index (χ0n) is 11.2. The van der Waals surface area contributed by atoms with Crippen molar-refractivity contribution < 1.29 is 4.79 Å². The first kappa shape index (κ1) is 12.9. The summed E-state index contributed by atoms with van der Waals surface area (Å²) in [6.45, 7) is 1.49. The fourth-order valence-corrected chi connectivity index (χ4v) is 2.53. The number of aromatic nitrogens is 2. The number of likely N-dealkylation sites (tertiary alicyclic amines) is 1. The maximum absolute atomic E-state index is 12.5. The van der Waals surface area contributed by atoms with Gasteiger partial charge in [-0.25, -0.2) is 0 Å². The van der Waals surface area contributed by atoms with Crippen molar-refractivity contribution in [3.05, 3.63) is 42.2 Å². The standard InChI is InChI=1S/C15H18N4O/c16-14-4-6-19(7-5-14)15(20)12-3-1-2-11(8-12)13-9-17-18-10-13/h1-3,8-10,14H,4-7,16H2,(H,17,18). The van der Waals surface area contributed by atoms with Gasteiger partial charge >= 0.3 is 0 Å². The van der Waals surface area contributed by atoms with E-state index >= 15 is 0 Å². The molecular formula is C15H18N4O. The minimum absolute atomic E-state index is 0.0854. The van der Waals surface area contributed by atoms with E-state index in [-0.39, 0.29) is 11.9 Å².